The molecule has 0 aliphatic heterocycles. The first-order valence-corrected chi connectivity index (χ1v) is 18.0. The molecule has 0 rings (SSSR count). The fourth-order valence-electron chi connectivity index (χ4n) is 4.66. The number of phosphoric acid groups is 1. The van der Waals surface area contributed by atoms with Gasteiger partial charge in [-0.2, -0.15) is 0 Å². The van der Waals surface area contributed by atoms with Gasteiger partial charge in [0.2, 0.25) is 5.91 Å². The van der Waals surface area contributed by atoms with E-state index in [4.69, 9.17) is 9.05 Å². The van der Waals surface area contributed by atoms with Crippen LogP contribution < -0.4 is 10.2 Å². The van der Waals surface area contributed by atoms with Crippen molar-refractivity contribution in [3.8, 4) is 0 Å². The maximum Gasteiger partial charge on any atom is 0.268 e. The zero-order chi connectivity index (χ0) is 30.8. The Hall–Kier alpha value is -0.760. The van der Waals surface area contributed by atoms with Crippen molar-refractivity contribution in [2.75, 3.05) is 40.9 Å². The number of hydrogen-bond donors (Lipinski definition) is 2. The molecule has 0 saturated carbocycles. The molecule has 0 aliphatic rings. The number of aliphatic hydroxyl groups is 1. The summed E-state index contributed by atoms with van der Waals surface area (Å²) in [6, 6.07) is -0.881. The molecule has 0 heterocycles. The number of phosphoric ester groups is 1. The summed E-state index contributed by atoms with van der Waals surface area (Å²) in [6.07, 6.45) is 27.4. The molecule has 3 atom stereocenters. The van der Waals surface area contributed by atoms with Gasteiger partial charge >= 0.3 is 0 Å². The third-order valence-electron chi connectivity index (χ3n) is 7.28. The second-order valence-electron chi connectivity index (χ2n) is 12.6. The number of amides is 1. The van der Waals surface area contributed by atoms with Gasteiger partial charge in [0.1, 0.15) is 13.2 Å². The standard InChI is InChI=1S/C32H65N2O6P/c1-6-7-8-9-10-11-12-13-14-15-16-17-18-19-20-21-22-23-24-25-26-32(36)31(33-30(2)35)29-40-41(37,38)39-28-27-34(3,4)5/h25-26,31-32,36H,6-24,27-29H2,1-5H3,(H-,33,35,37,38)/b26-25+. The van der Waals surface area contributed by atoms with Crippen LogP contribution in [0.2, 0.25) is 0 Å². The van der Waals surface area contributed by atoms with E-state index in [2.05, 4.69) is 12.2 Å². The summed E-state index contributed by atoms with van der Waals surface area (Å²) >= 11 is 0. The normalized spacial score (nSPS) is 15.2. The number of nitrogens with one attached hydrogen (secondary N) is 1. The van der Waals surface area contributed by atoms with Gasteiger partial charge in [0.05, 0.1) is 39.9 Å². The van der Waals surface area contributed by atoms with E-state index >= 15 is 0 Å². The summed E-state index contributed by atoms with van der Waals surface area (Å²) in [5.74, 6) is -0.374. The second kappa shape index (κ2) is 25.7. The molecule has 1 amide bonds. The van der Waals surface area contributed by atoms with Crippen LogP contribution in [-0.4, -0.2) is 68.5 Å². The molecule has 0 aromatic heterocycles. The highest BCUT2D eigenvalue weighted by molar-refractivity contribution is 7.45. The van der Waals surface area contributed by atoms with Crippen molar-refractivity contribution >= 4 is 13.7 Å². The van der Waals surface area contributed by atoms with Crippen LogP contribution in [-0.2, 0) is 18.4 Å². The topological polar surface area (TPSA) is 108 Å². The molecule has 41 heavy (non-hydrogen) atoms. The lowest BCUT2D eigenvalue weighted by atomic mass is 10.0. The molecule has 8 nitrogen and oxygen atoms in total. The largest absolute Gasteiger partial charge is 0.756 e. The van der Waals surface area contributed by atoms with Gasteiger partial charge in [-0.25, -0.2) is 0 Å². The number of aliphatic hydroxyl groups excluding tert-OH is 1. The average Bonchev–Trinajstić information content (AvgIpc) is 2.88. The van der Waals surface area contributed by atoms with E-state index in [1.807, 2.05) is 27.2 Å². The minimum atomic E-state index is -4.53. The van der Waals surface area contributed by atoms with Gasteiger partial charge in [0.15, 0.2) is 0 Å². The Kier molecular flexibility index (Phi) is 25.2. The minimum Gasteiger partial charge on any atom is -0.756 e. The number of likely N-dealkylation sites (N-methyl/N-ethyl adjacent to an activating group) is 1. The first-order valence-electron chi connectivity index (χ1n) is 16.5. The molecule has 0 saturated heterocycles. The third-order valence-corrected chi connectivity index (χ3v) is 8.25. The molecule has 0 radical (unpaired) electrons. The van der Waals surface area contributed by atoms with Gasteiger partial charge in [-0.1, -0.05) is 128 Å². The van der Waals surface area contributed by atoms with Gasteiger partial charge in [0, 0.05) is 6.92 Å². The highest BCUT2D eigenvalue weighted by atomic mass is 31.2. The number of nitrogens with zero attached hydrogens (tertiary/aromatic N) is 1. The molecule has 0 spiro atoms. The average molecular weight is 605 g/mol. The predicted octanol–water partition coefficient (Wildman–Crippen LogP) is 7.05. The van der Waals surface area contributed by atoms with Crippen molar-refractivity contribution in [1.29, 1.82) is 0 Å². The van der Waals surface area contributed by atoms with E-state index < -0.39 is 26.6 Å². The van der Waals surface area contributed by atoms with Crippen LogP contribution in [0.1, 0.15) is 136 Å². The number of carbonyl (C=O) groups excluding carboxylic acids is 1. The Morgan fingerprint density at radius 3 is 1.68 bits per heavy atom. The first kappa shape index (κ1) is 40.2. The van der Waals surface area contributed by atoms with Crippen LogP contribution in [0.25, 0.3) is 0 Å². The monoisotopic (exact) mass is 604 g/mol. The molecule has 3 unspecified atom stereocenters. The SMILES string of the molecule is CCCCCCCCCCCCCCCCCCCC/C=C/C(O)C(COP(=O)([O-])OCC[N+](C)(C)C)NC(C)=O. The van der Waals surface area contributed by atoms with Crippen LogP contribution in [0, 0.1) is 0 Å². The zero-order valence-corrected chi connectivity index (χ0v) is 28.1. The fourth-order valence-corrected chi connectivity index (χ4v) is 5.38. The molecular formula is C32H65N2O6P. The Morgan fingerprint density at radius 1 is 0.829 bits per heavy atom. The molecule has 0 aliphatic carbocycles. The summed E-state index contributed by atoms with van der Waals surface area (Å²) in [5, 5.41) is 13.0. The molecule has 2 N–H and O–H groups in total. The first-order chi connectivity index (χ1) is 19.5. The van der Waals surface area contributed by atoms with E-state index in [0.717, 1.165) is 19.3 Å². The highest BCUT2D eigenvalue weighted by Gasteiger charge is 2.22. The molecule has 244 valence electrons. The third kappa shape index (κ3) is 29.1. The lowest BCUT2D eigenvalue weighted by molar-refractivity contribution is -0.870. The number of carbonyl (C=O) groups is 1. The Balaban J connectivity index is 3.86. The van der Waals surface area contributed by atoms with Crippen molar-refractivity contribution in [2.24, 2.45) is 0 Å². The van der Waals surface area contributed by atoms with E-state index in [0.29, 0.717) is 11.0 Å². The zero-order valence-electron chi connectivity index (χ0n) is 27.2. The molecule has 9 heteroatoms. The quantitative estimate of drug-likeness (QED) is 0.0410. The van der Waals surface area contributed by atoms with Gasteiger partial charge in [-0.15, -0.1) is 0 Å². The summed E-state index contributed by atoms with van der Waals surface area (Å²) in [4.78, 5) is 23.6. The highest BCUT2D eigenvalue weighted by Crippen LogP contribution is 2.38. The van der Waals surface area contributed by atoms with E-state index in [-0.39, 0.29) is 12.5 Å². The van der Waals surface area contributed by atoms with Gasteiger partial charge in [-0.05, 0) is 12.8 Å². The fraction of sp³-hybridized carbons (Fsp3) is 0.906. The lowest BCUT2D eigenvalue weighted by Crippen LogP contribution is -2.45. The lowest BCUT2D eigenvalue weighted by Gasteiger charge is -2.29. The Bertz CT molecular complexity index is 698. The molecule has 0 aromatic carbocycles. The van der Waals surface area contributed by atoms with Crippen molar-refractivity contribution in [3.63, 3.8) is 0 Å². The number of rotatable bonds is 29. The van der Waals surface area contributed by atoms with Crippen molar-refractivity contribution in [2.45, 2.75) is 148 Å². The predicted molar refractivity (Wildman–Crippen MR) is 169 cm³/mol. The smallest absolute Gasteiger partial charge is 0.268 e. The molecular weight excluding hydrogens is 539 g/mol. The van der Waals surface area contributed by atoms with Crippen LogP contribution in [0.3, 0.4) is 0 Å². The summed E-state index contributed by atoms with van der Waals surface area (Å²) in [7, 11) is 1.25. The Morgan fingerprint density at radius 2 is 1.27 bits per heavy atom. The van der Waals surface area contributed by atoms with Crippen molar-refractivity contribution in [1.82, 2.24) is 5.32 Å². The minimum absolute atomic E-state index is 0.00304. The second-order valence-corrected chi connectivity index (χ2v) is 14.0. The van der Waals surface area contributed by atoms with Crippen molar-refractivity contribution in [3.05, 3.63) is 12.2 Å². The Labute approximate surface area is 252 Å². The summed E-state index contributed by atoms with van der Waals surface area (Å²) < 4.78 is 22.4. The number of allylic oxidation sites excluding steroid dienone is 1. The maximum atomic E-state index is 12.0. The summed E-state index contributed by atoms with van der Waals surface area (Å²) in [6.45, 7) is 3.69. The molecule has 0 aromatic rings. The van der Waals surface area contributed by atoms with Crippen LogP contribution in [0.5, 0.6) is 0 Å². The van der Waals surface area contributed by atoms with Crippen LogP contribution in [0.4, 0.5) is 0 Å². The van der Waals surface area contributed by atoms with E-state index in [1.54, 1.807) is 6.08 Å². The van der Waals surface area contributed by atoms with E-state index in [1.165, 1.54) is 110 Å². The molecule has 0 bridgehead atoms. The maximum absolute atomic E-state index is 12.0. The van der Waals surface area contributed by atoms with Crippen LogP contribution in [0.15, 0.2) is 12.2 Å². The van der Waals surface area contributed by atoms with Crippen molar-refractivity contribution < 1.29 is 32.9 Å². The van der Waals surface area contributed by atoms with Gasteiger partial charge in [-0.3, -0.25) is 9.36 Å². The van der Waals surface area contributed by atoms with E-state index in [9.17, 15) is 19.4 Å². The van der Waals surface area contributed by atoms with Gasteiger partial charge < -0.3 is 28.8 Å². The number of quaternary nitrogens is 1. The number of unbranched alkanes of at least 4 members (excludes halogenated alkanes) is 18. The molecule has 0 fully saturated rings. The van der Waals surface area contributed by atoms with Gasteiger partial charge in [0.25, 0.3) is 7.82 Å². The summed E-state index contributed by atoms with van der Waals surface area (Å²) in [5.41, 5.74) is 0. The number of hydrogen-bond acceptors (Lipinski definition) is 6. The van der Waals surface area contributed by atoms with Crippen LogP contribution >= 0.6 is 7.82 Å².